The molecule has 0 aliphatic heterocycles. The van der Waals surface area contributed by atoms with Crippen molar-refractivity contribution in [2.75, 3.05) is 0 Å². The molecule has 5 nitrogen and oxygen atoms in total. The highest BCUT2D eigenvalue weighted by Crippen LogP contribution is 2.20. The third-order valence-corrected chi connectivity index (χ3v) is 2.56. The molecule has 1 N–H and O–H groups in total. The van der Waals surface area contributed by atoms with Crippen molar-refractivity contribution in [3.05, 3.63) is 41.0 Å². The maximum absolute atomic E-state index is 9.25. The smallest absolute Gasteiger partial charge is 0.226 e. The Labute approximate surface area is 105 Å². The van der Waals surface area contributed by atoms with Crippen molar-refractivity contribution in [3.63, 3.8) is 0 Å². The van der Waals surface area contributed by atoms with E-state index >= 15 is 0 Å². The summed E-state index contributed by atoms with van der Waals surface area (Å²) >= 11 is 0. The van der Waals surface area contributed by atoms with Crippen molar-refractivity contribution in [1.29, 1.82) is 0 Å². The van der Waals surface area contributed by atoms with Gasteiger partial charge in [0.1, 0.15) is 5.75 Å². The lowest BCUT2D eigenvalue weighted by Gasteiger charge is -2.08. The van der Waals surface area contributed by atoms with Gasteiger partial charge in [-0.15, -0.1) is 0 Å². The molecule has 0 aliphatic carbocycles. The second-order valence-electron chi connectivity index (χ2n) is 4.02. The van der Waals surface area contributed by atoms with Crippen LogP contribution in [0.2, 0.25) is 0 Å². The highest BCUT2D eigenvalue weighted by atomic mass is 16.5. The zero-order valence-corrected chi connectivity index (χ0v) is 10.5. The van der Waals surface area contributed by atoms with Gasteiger partial charge in [-0.25, -0.2) is 0 Å². The molecule has 2 rings (SSSR count). The lowest BCUT2D eigenvalue weighted by molar-refractivity contribution is 0.252. The van der Waals surface area contributed by atoms with E-state index in [1.165, 1.54) is 0 Å². The van der Waals surface area contributed by atoms with Gasteiger partial charge in [-0.2, -0.15) is 4.98 Å². The summed E-state index contributed by atoms with van der Waals surface area (Å²) in [6.45, 7) is 4.10. The third kappa shape index (κ3) is 2.87. The maximum Gasteiger partial charge on any atom is 0.226 e. The van der Waals surface area contributed by atoms with E-state index in [9.17, 15) is 5.11 Å². The van der Waals surface area contributed by atoms with Crippen LogP contribution in [0.1, 0.15) is 29.8 Å². The highest BCUT2D eigenvalue weighted by molar-refractivity contribution is 5.36. The second-order valence-corrected chi connectivity index (χ2v) is 4.02. The molecule has 0 atom stereocenters. The number of aromatic nitrogens is 2. The van der Waals surface area contributed by atoms with E-state index in [1.54, 1.807) is 0 Å². The van der Waals surface area contributed by atoms with Crippen molar-refractivity contribution >= 4 is 0 Å². The molecule has 0 bridgehead atoms. The summed E-state index contributed by atoms with van der Waals surface area (Å²) in [5, 5.41) is 13.1. The van der Waals surface area contributed by atoms with Crippen molar-refractivity contribution in [2.45, 2.75) is 33.5 Å². The van der Waals surface area contributed by atoms with Crippen LogP contribution in [0, 0.1) is 6.92 Å². The Hall–Kier alpha value is -1.88. The van der Waals surface area contributed by atoms with Crippen LogP contribution in [0.4, 0.5) is 0 Å². The second kappa shape index (κ2) is 5.64. The number of aliphatic hydroxyl groups is 1. The molecular weight excluding hydrogens is 232 g/mol. The summed E-state index contributed by atoms with van der Waals surface area (Å²) in [5.41, 5.74) is 1.84. The Balaban J connectivity index is 2.05. The molecule has 0 spiro atoms. The van der Waals surface area contributed by atoms with Gasteiger partial charge in [-0.05, 0) is 13.0 Å². The first-order valence-electron chi connectivity index (χ1n) is 5.87. The first-order chi connectivity index (χ1) is 8.72. The molecule has 0 aliphatic rings. The molecule has 1 aromatic heterocycles. The minimum absolute atomic E-state index is 0.0521. The molecule has 1 aromatic carbocycles. The zero-order chi connectivity index (χ0) is 13.0. The molecule has 96 valence electrons. The zero-order valence-electron chi connectivity index (χ0n) is 10.5. The van der Waals surface area contributed by atoms with Crippen LogP contribution >= 0.6 is 0 Å². The van der Waals surface area contributed by atoms with Crippen LogP contribution in [0.3, 0.4) is 0 Å². The van der Waals surface area contributed by atoms with E-state index in [0.29, 0.717) is 23.9 Å². The fourth-order valence-corrected chi connectivity index (χ4v) is 1.61. The maximum atomic E-state index is 9.25. The molecule has 0 amide bonds. The Kier molecular flexibility index (Phi) is 3.94. The molecule has 0 unspecified atom stereocenters. The van der Waals surface area contributed by atoms with Gasteiger partial charge in [0.25, 0.3) is 0 Å². The first kappa shape index (κ1) is 12.6. The monoisotopic (exact) mass is 248 g/mol. The van der Waals surface area contributed by atoms with E-state index in [2.05, 4.69) is 10.1 Å². The normalized spacial score (nSPS) is 10.6. The van der Waals surface area contributed by atoms with E-state index in [-0.39, 0.29) is 13.2 Å². The Morgan fingerprint density at radius 2 is 2.22 bits per heavy atom. The predicted molar refractivity (Wildman–Crippen MR) is 65.1 cm³/mol. The number of hydrogen-bond acceptors (Lipinski definition) is 5. The van der Waals surface area contributed by atoms with Crippen LogP contribution in [-0.2, 0) is 19.6 Å². The summed E-state index contributed by atoms with van der Waals surface area (Å²) in [7, 11) is 0. The van der Waals surface area contributed by atoms with Crippen LogP contribution in [-0.4, -0.2) is 15.2 Å². The Morgan fingerprint density at radius 1 is 1.39 bits per heavy atom. The molecular formula is C13H16N2O3. The number of nitrogens with zero attached hydrogens (tertiary/aromatic N) is 2. The van der Waals surface area contributed by atoms with Gasteiger partial charge in [0.15, 0.2) is 6.61 Å². The van der Waals surface area contributed by atoms with Crippen LogP contribution in [0.15, 0.2) is 22.7 Å². The van der Waals surface area contributed by atoms with Gasteiger partial charge in [-0.1, -0.05) is 29.8 Å². The van der Waals surface area contributed by atoms with Crippen molar-refractivity contribution < 1.29 is 14.4 Å². The quantitative estimate of drug-likeness (QED) is 0.876. The van der Waals surface area contributed by atoms with Gasteiger partial charge in [0.2, 0.25) is 11.7 Å². The van der Waals surface area contributed by atoms with Crippen molar-refractivity contribution in [1.82, 2.24) is 10.1 Å². The standard InChI is InChI=1S/C13H16N2O3/c1-3-13-14-12(15-18-13)8-17-11-5-4-9(2)6-10(11)7-16/h4-6,16H,3,7-8H2,1-2H3. The van der Waals surface area contributed by atoms with Gasteiger partial charge in [0, 0.05) is 12.0 Å². The van der Waals surface area contributed by atoms with E-state index in [1.807, 2.05) is 32.0 Å². The summed E-state index contributed by atoms with van der Waals surface area (Å²) in [6.07, 6.45) is 0.708. The molecule has 5 heteroatoms. The van der Waals surface area contributed by atoms with Gasteiger partial charge in [-0.3, -0.25) is 0 Å². The van der Waals surface area contributed by atoms with E-state index in [4.69, 9.17) is 9.26 Å². The molecule has 0 radical (unpaired) electrons. The summed E-state index contributed by atoms with van der Waals surface area (Å²) in [4.78, 5) is 4.15. The topological polar surface area (TPSA) is 68.4 Å². The number of ether oxygens (including phenoxy) is 1. The Bertz CT molecular complexity index is 523. The molecule has 0 saturated carbocycles. The largest absolute Gasteiger partial charge is 0.485 e. The number of aryl methyl sites for hydroxylation is 2. The summed E-state index contributed by atoms with van der Waals surface area (Å²) < 4.78 is 10.6. The fraction of sp³-hybridized carbons (Fsp3) is 0.385. The minimum atomic E-state index is -0.0521. The highest BCUT2D eigenvalue weighted by Gasteiger charge is 2.07. The molecule has 1 heterocycles. The van der Waals surface area contributed by atoms with Gasteiger partial charge in [0.05, 0.1) is 6.61 Å². The van der Waals surface area contributed by atoms with Crippen molar-refractivity contribution in [3.8, 4) is 5.75 Å². The minimum Gasteiger partial charge on any atom is -0.485 e. The molecule has 18 heavy (non-hydrogen) atoms. The molecule has 2 aromatic rings. The summed E-state index contributed by atoms with van der Waals surface area (Å²) in [5.74, 6) is 1.75. The predicted octanol–water partition coefficient (Wildman–Crippen LogP) is 2.01. The fourth-order valence-electron chi connectivity index (χ4n) is 1.61. The van der Waals surface area contributed by atoms with Crippen molar-refractivity contribution in [2.24, 2.45) is 0 Å². The van der Waals surface area contributed by atoms with Crippen LogP contribution < -0.4 is 4.74 Å². The van der Waals surface area contributed by atoms with E-state index < -0.39 is 0 Å². The number of rotatable bonds is 5. The molecule has 0 fully saturated rings. The number of aliphatic hydroxyl groups excluding tert-OH is 1. The lowest BCUT2D eigenvalue weighted by Crippen LogP contribution is -2.01. The van der Waals surface area contributed by atoms with Gasteiger partial charge < -0.3 is 14.4 Å². The first-order valence-corrected chi connectivity index (χ1v) is 5.87. The van der Waals surface area contributed by atoms with Crippen LogP contribution in [0.25, 0.3) is 0 Å². The Morgan fingerprint density at radius 3 is 2.89 bits per heavy atom. The third-order valence-electron chi connectivity index (χ3n) is 2.56. The molecule has 0 saturated heterocycles. The summed E-state index contributed by atoms with van der Waals surface area (Å²) in [6, 6.07) is 5.66. The average Bonchev–Trinajstić information content (AvgIpc) is 2.85. The lowest BCUT2D eigenvalue weighted by atomic mass is 10.1. The van der Waals surface area contributed by atoms with Crippen LogP contribution in [0.5, 0.6) is 5.75 Å². The van der Waals surface area contributed by atoms with Gasteiger partial charge >= 0.3 is 0 Å². The average molecular weight is 248 g/mol. The SMILES string of the molecule is CCc1nc(COc2ccc(C)cc2CO)no1. The number of benzene rings is 1. The van der Waals surface area contributed by atoms with E-state index in [0.717, 1.165) is 11.1 Å². The number of hydrogen-bond donors (Lipinski definition) is 1.